The van der Waals surface area contributed by atoms with E-state index in [9.17, 15) is 18.0 Å². The third-order valence-corrected chi connectivity index (χ3v) is 4.14. The fourth-order valence-corrected chi connectivity index (χ4v) is 2.53. The van der Waals surface area contributed by atoms with E-state index in [0.717, 1.165) is 6.08 Å². The van der Waals surface area contributed by atoms with Crippen molar-refractivity contribution in [2.24, 2.45) is 10.6 Å². The summed E-state index contributed by atoms with van der Waals surface area (Å²) < 4.78 is 49.9. The topological polar surface area (TPSA) is 89.7 Å². The van der Waals surface area contributed by atoms with Crippen LogP contribution >= 0.6 is 11.6 Å². The lowest BCUT2D eigenvalue weighted by Gasteiger charge is -2.29. The number of carbonyl (C=O) groups excluding carboxylic acids is 1. The molecule has 1 aromatic rings. The molecule has 0 radical (unpaired) electrons. The minimum atomic E-state index is -4.86. The third-order valence-electron chi connectivity index (χ3n) is 3.56. The Hall–Kier alpha value is -2.49. The van der Waals surface area contributed by atoms with Crippen LogP contribution in [0.15, 0.2) is 22.2 Å². The molecule has 142 valence electrons. The monoisotopic (exact) mass is 394 g/mol. The molecule has 2 atom stereocenters. The standard InChI is InChI=1S/C15H14ClF3N2O5/c1-6-4-11-9(7(2)12(6)16)5-10(13(25-11)15(17,18)19)14(22)24-8(3)26-21-20-23/h4-5,8,13H,1-3H3,(H,21,23)/t8?,13-/m0/s1. The minimum absolute atomic E-state index is 0.0401. The van der Waals surface area contributed by atoms with Crippen molar-refractivity contribution in [2.75, 3.05) is 0 Å². The molecule has 1 aliphatic rings. The molecule has 0 saturated carbocycles. The Morgan fingerprint density at radius 1 is 1.42 bits per heavy atom. The molecule has 0 fully saturated rings. The van der Waals surface area contributed by atoms with Crippen LogP contribution in [0.4, 0.5) is 13.2 Å². The summed E-state index contributed by atoms with van der Waals surface area (Å²) in [5, 5.41) is 13.5. The number of benzene rings is 1. The zero-order valence-electron chi connectivity index (χ0n) is 13.8. The third kappa shape index (κ3) is 4.01. The van der Waals surface area contributed by atoms with Crippen LogP contribution in [-0.2, 0) is 14.4 Å². The maximum absolute atomic E-state index is 13.4. The van der Waals surface area contributed by atoms with Crippen molar-refractivity contribution in [3.05, 3.63) is 33.4 Å². The number of nitrogens with zero attached hydrogens (tertiary/aromatic N) is 2. The number of halogens is 4. The summed E-state index contributed by atoms with van der Waals surface area (Å²) in [5.74, 6) is -1.36. The van der Waals surface area contributed by atoms with E-state index >= 15 is 0 Å². The van der Waals surface area contributed by atoms with E-state index in [-0.39, 0.29) is 11.3 Å². The second-order valence-electron chi connectivity index (χ2n) is 5.43. The van der Waals surface area contributed by atoms with Crippen LogP contribution in [0.5, 0.6) is 5.75 Å². The van der Waals surface area contributed by atoms with Crippen molar-refractivity contribution in [3.63, 3.8) is 0 Å². The van der Waals surface area contributed by atoms with E-state index in [1.807, 2.05) is 0 Å². The molecule has 0 aliphatic carbocycles. The maximum atomic E-state index is 13.4. The molecule has 1 aromatic carbocycles. The van der Waals surface area contributed by atoms with E-state index < -0.39 is 30.1 Å². The van der Waals surface area contributed by atoms with E-state index in [2.05, 4.69) is 15.4 Å². The van der Waals surface area contributed by atoms with Crippen LogP contribution in [-0.4, -0.2) is 29.7 Å². The summed E-state index contributed by atoms with van der Waals surface area (Å²) in [5.41, 5.74) is 0.478. The highest BCUT2D eigenvalue weighted by Gasteiger charge is 2.49. The number of rotatable bonds is 4. The molecule has 0 saturated heterocycles. The summed E-state index contributed by atoms with van der Waals surface area (Å²) in [6.07, 6.45) is -7.74. The molecular weight excluding hydrogens is 381 g/mol. The molecule has 2 rings (SSSR count). The number of aryl methyl sites for hydroxylation is 1. The number of hydrogen-bond donors (Lipinski definition) is 1. The quantitative estimate of drug-likeness (QED) is 0.355. The molecule has 1 N–H and O–H groups in total. The van der Waals surface area contributed by atoms with Gasteiger partial charge in [0, 0.05) is 17.5 Å². The van der Waals surface area contributed by atoms with Crippen molar-refractivity contribution in [3.8, 4) is 5.75 Å². The van der Waals surface area contributed by atoms with Crippen LogP contribution in [0, 0.1) is 13.8 Å². The van der Waals surface area contributed by atoms with Gasteiger partial charge in [0.1, 0.15) is 5.75 Å². The zero-order chi connectivity index (χ0) is 19.6. The molecule has 0 spiro atoms. The number of carbonyl (C=O) groups is 1. The molecule has 0 amide bonds. The summed E-state index contributed by atoms with van der Waals surface area (Å²) in [4.78, 5) is 16.6. The van der Waals surface area contributed by atoms with Gasteiger partial charge < -0.3 is 19.5 Å². The van der Waals surface area contributed by atoms with Gasteiger partial charge in [0.25, 0.3) is 6.29 Å². The number of esters is 1. The average molecular weight is 395 g/mol. The van der Waals surface area contributed by atoms with Gasteiger partial charge in [-0.15, -0.1) is 0 Å². The Bertz CT molecular complexity index is 780. The van der Waals surface area contributed by atoms with E-state index in [4.69, 9.17) is 26.3 Å². The Labute approximate surface area is 150 Å². The predicted molar refractivity (Wildman–Crippen MR) is 82.7 cm³/mol. The van der Waals surface area contributed by atoms with Crippen LogP contribution in [0.1, 0.15) is 23.6 Å². The van der Waals surface area contributed by atoms with E-state index in [0.29, 0.717) is 16.1 Å². The highest BCUT2D eigenvalue weighted by molar-refractivity contribution is 6.32. The van der Waals surface area contributed by atoms with Gasteiger partial charge in [-0.2, -0.15) is 13.2 Å². The number of fused-ring (bicyclic) bond motifs is 1. The van der Waals surface area contributed by atoms with Gasteiger partial charge in [-0.25, -0.2) is 4.79 Å². The van der Waals surface area contributed by atoms with Gasteiger partial charge in [0.15, 0.2) is 0 Å². The minimum Gasteiger partial charge on any atom is -0.475 e. The number of alkyl halides is 3. The number of hydrogen-bond acceptors (Lipinski definition) is 6. The number of ether oxygens (including phenoxy) is 2. The largest absolute Gasteiger partial charge is 0.475 e. The van der Waals surface area contributed by atoms with Crippen molar-refractivity contribution < 1.29 is 37.5 Å². The van der Waals surface area contributed by atoms with Crippen LogP contribution in [0.3, 0.4) is 0 Å². The van der Waals surface area contributed by atoms with Gasteiger partial charge in [-0.3, -0.25) is 0 Å². The summed E-state index contributed by atoms with van der Waals surface area (Å²) in [7, 11) is 0. The lowest BCUT2D eigenvalue weighted by Crippen LogP contribution is -2.41. The normalized spacial score (nSPS) is 18.0. The van der Waals surface area contributed by atoms with E-state index in [1.54, 1.807) is 13.8 Å². The second kappa shape index (κ2) is 7.40. The van der Waals surface area contributed by atoms with Crippen LogP contribution in [0.25, 0.3) is 6.08 Å². The van der Waals surface area contributed by atoms with E-state index in [1.165, 1.54) is 13.0 Å². The fourth-order valence-electron chi connectivity index (χ4n) is 2.37. The first-order valence-corrected chi connectivity index (χ1v) is 7.60. The molecule has 1 aliphatic heterocycles. The molecule has 26 heavy (non-hydrogen) atoms. The zero-order valence-corrected chi connectivity index (χ0v) is 14.6. The highest BCUT2D eigenvalue weighted by Crippen LogP contribution is 2.41. The first-order valence-electron chi connectivity index (χ1n) is 7.22. The predicted octanol–water partition coefficient (Wildman–Crippen LogP) is 4.33. The summed E-state index contributed by atoms with van der Waals surface area (Å²) >= 11 is 6.12. The summed E-state index contributed by atoms with van der Waals surface area (Å²) in [6.45, 7) is 4.40. The lowest BCUT2D eigenvalue weighted by molar-refractivity contribution is -0.195. The Morgan fingerprint density at radius 3 is 2.65 bits per heavy atom. The molecule has 1 unspecified atom stereocenters. The lowest BCUT2D eigenvalue weighted by atomic mass is 9.96. The van der Waals surface area contributed by atoms with Crippen molar-refractivity contribution >= 4 is 23.6 Å². The Kier molecular flexibility index (Phi) is 5.65. The maximum Gasteiger partial charge on any atom is 0.430 e. The summed E-state index contributed by atoms with van der Waals surface area (Å²) in [6, 6.07) is 1.37. The van der Waals surface area contributed by atoms with Gasteiger partial charge in [0.2, 0.25) is 6.10 Å². The molecule has 1 heterocycles. The molecular formula is C15H14ClF3N2O5. The van der Waals surface area contributed by atoms with Crippen molar-refractivity contribution in [1.29, 1.82) is 0 Å². The SMILES string of the molecule is Cc1cc2c(c(C)c1Cl)C=C(C(=O)OC(C)O/N=N\O)[C@@H](C(F)(F)F)O2. The molecule has 11 heteroatoms. The Balaban J connectivity index is 2.45. The molecule has 0 aromatic heterocycles. The van der Waals surface area contributed by atoms with Gasteiger partial charge in [0.05, 0.1) is 16.1 Å². The Morgan fingerprint density at radius 2 is 2.08 bits per heavy atom. The van der Waals surface area contributed by atoms with Crippen LogP contribution in [0.2, 0.25) is 5.02 Å². The molecule has 0 bridgehead atoms. The fraction of sp³-hybridized carbons (Fsp3) is 0.400. The van der Waals surface area contributed by atoms with Gasteiger partial charge >= 0.3 is 12.1 Å². The van der Waals surface area contributed by atoms with Gasteiger partial charge in [-0.1, -0.05) is 11.6 Å². The first-order chi connectivity index (χ1) is 12.1. The second-order valence-corrected chi connectivity index (χ2v) is 5.81. The smallest absolute Gasteiger partial charge is 0.430 e. The first kappa shape index (κ1) is 19.8. The highest BCUT2D eigenvalue weighted by atomic mass is 35.5. The molecule has 7 nitrogen and oxygen atoms in total. The van der Waals surface area contributed by atoms with Crippen molar-refractivity contribution in [1.82, 2.24) is 0 Å². The van der Waals surface area contributed by atoms with Crippen LogP contribution < -0.4 is 4.74 Å². The van der Waals surface area contributed by atoms with Crippen molar-refractivity contribution in [2.45, 2.75) is 39.3 Å². The average Bonchev–Trinajstić information content (AvgIpc) is 2.56. The van der Waals surface area contributed by atoms with Gasteiger partial charge in [-0.05, 0) is 37.1 Å².